The van der Waals surface area contributed by atoms with E-state index in [9.17, 15) is 14.0 Å². The summed E-state index contributed by atoms with van der Waals surface area (Å²) < 4.78 is 20.1. The van der Waals surface area contributed by atoms with Gasteiger partial charge in [-0.3, -0.25) is 14.5 Å². The van der Waals surface area contributed by atoms with Crippen molar-refractivity contribution in [3.8, 4) is 5.75 Å². The number of carbonyl (C=O) groups is 2. The topological polar surface area (TPSA) is 61.9 Å². The second-order valence-electron chi connectivity index (χ2n) is 7.61. The summed E-state index contributed by atoms with van der Waals surface area (Å²) in [7, 11) is 1.58. The monoisotopic (exact) mass is 425 g/mol. The van der Waals surface area contributed by atoms with Crippen molar-refractivity contribution in [2.45, 2.75) is 19.1 Å². The van der Waals surface area contributed by atoms with Gasteiger partial charge in [-0.25, -0.2) is 4.39 Å². The molecule has 3 rings (SSSR count). The minimum absolute atomic E-state index is 0.0410. The summed E-state index contributed by atoms with van der Waals surface area (Å²) in [5.41, 5.74) is 1.27. The number of hydrogen-bond acceptors (Lipinski definition) is 4. The molecule has 0 radical (unpaired) electrons. The van der Waals surface area contributed by atoms with Crippen molar-refractivity contribution in [3.05, 3.63) is 78.1 Å². The highest BCUT2D eigenvalue weighted by molar-refractivity contribution is 5.94. The molecule has 1 aliphatic heterocycles. The lowest BCUT2D eigenvalue weighted by molar-refractivity contribution is -0.130. The summed E-state index contributed by atoms with van der Waals surface area (Å²) in [6.07, 6.45) is 0.934. The predicted molar refractivity (Wildman–Crippen MR) is 117 cm³/mol. The van der Waals surface area contributed by atoms with Crippen LogP contribution in [0.25, 0.3) is 0 Å². The van der Waals surface area contributed by atoms with Crippen LogP contribution in [0.4, 0.5) is 4.39 Å². The van der Waals surface area contributed by atoms with Crippen LogP contribution in [0.15, 0.2) is 61.2 Å². The van der Waals surface area contributed by atoms with Crippen molar-refractivity contribution < 1.29 is 18.7 Å². The fourth-order valence-electron chi connectivity index (χ4n) is 3.79. The van der Waals surface area contributed by atoms with Crippen molar-refractivity contribution in [1.29, 1.82) is 0 Å². The number of carbonyl (C=O) groups excluding carboxylic acids is 2. The Morgan fingerprint density at radius 3 is 2.61 bits per heavy atom. The average molecular weight is 426 g/mol. The molecule has 0 unspecified atom stereocenters. The molecule has 6 nitrogen and oxygen atoms in total. The van der Waals surface area contributed by atoms with Crippen molar-refractivity contribution >= 4 is 11.8 Å². The third-order valence-electron chi connectivity index (χ3n) is 5.44. The van der Waals surface area contributed by atoms with Crippen molar-refractivity contribution in [1.82, 2.24) is 15.1 Å². The number of halogens is 1. The zero-order valence-corrected chi connectivity index (χ0v) is 17.9. The van der Waals surface area contributed by atoms with E-state index >= 15 is 0 Å². The normalized spacial score (nSPS) is 17.6. The Morgan fingerprint density at radius 2 is 2.00 bits per heavy atom. The molecule has 1 heterocycles. The molecule has 2 atom stereocenters. The van der Waals surface area contributed by atoms with Gasteiger partial charge in [-0.1, -0.05) is 18.7 Å². The van der Waals surface area contributed by atoms with Gasteiger partial charge in [0.2, 0.25) is 5.91 Å². The van der Waals surface area contributed by atoms with Crippen molar-refractivity contribution in [2.75, 3.05) is 33.2 Å². The van der Waals surface area contributed by atoms with Crippen LogP contribution < -0.4 is 10.1 Å². The number of rotatable bonds is 7. The van der Waals surface area contributed by atoms with Gasteiger partial charge in [0.15, 0.2) is 0 Å². The molecule has 1 fully saturated rings. The van der Waals surface area contributed by atoms with Gasteiger partial charge in [-0.15, -0.1) is 0 Å². The minimum atomic E-state index is -0.407. The van der Waals surface area contributed by atoms with Crippen LogP contribution in [0.5, 0.6) is 5.75 Å². The largest absolute Gasteiger partial charge is 0.484 e. The van der Waals surface area contributed by atoms with Gasteiger partial charge in [-0.2, -0.15) is 0 Å². The molecule has 0 aliphatic carbocycles. The zero-order chi connectivity index (χ0) is 22.4. The molecule has 0 saturated carbocycles. The number of ether oxygens (including phenoxy) is 1. The molecule has 7 heteroatoms. The number of nitrogens with zero attached hydrogens (tertiary/aromatic N) is 2. The Balaban J connectivity index is 1.76. The smallest absolute Gasteiger partial charge is 0.251 e. The summed E-state index contributed by atoms with van der Waals surface area (Å²) in [6.45, 7) is 8.09. The summed E-state index contributed by atoms with van der Waals surface area (Å²) in [4.78, 5) is 27.8. The van der Waals surface area contributed by atoms with E-state index in [0.29, 0.717) is 37.5 Å². The summed E-state index contributed by atoms with van der Waals surface area (Å²) in [5.74, 6) is 0.0294. The first-order chi connectivity index (χ1) is 14.9. The Labute approximate surface area is 182 Å². The van der Waals surface area contributed by atoms with Gasteiger partial charge in [0, 0.05) is 44.8 Å². The molecule has 0 aromatic heterocycles. The lowest BCUT2D eigenvalue weighted by Gasteiger charge is -2.40. The van der Waals surface area contributed by atoms with E-state index in [2.05, 4.69) is 16.8 Å². The molecular formula is C24H28FN3O3. The molecule has 1 aliphatic rings. The molecule has 2 aromatic rings. The molecule has 164 valence electrons. The van der Waals surface area contributed by atoms with Crippen molar-refractivity contribution in [2.24, 2.45) is 0 Å². The SMILES string of the molecule is C=CC(=O)N1CCN(C[C@H](Oc2ccc(C(=O)NC)cc2)c2cccc(F)c2)C[C@H]1C. The summed E-state index contributed by atoms with van der Waals surface area (Å²) in [5, 5.41) is 2.59. The van der Waals surface area contributed by atoms with Crippen LogP contribution in [-0.4, -0.2) is 60.9 Å². The number of amides is 2. The maximum Gasteiger partial charge on any atom is 0.251 e. The van der Waals surface area contributed by atoms with Crippen LogP contribution >= 0.6 is 0 Å². The Hall–Kier alpha value is -3.19. The quantitative estimate of drug-likeness (QED) is 0.693. The highest BCUT2D eigenvalue weighted by Gasteiger charge is 2.28. The van der Waals surface area contributed by atoms with E-state index in [-0.39, 0.29) is 23.7 Å². The van der Waals surface area contributed by atoms with Crippen LogP contribution in [0.2, 0.25) is 0 Å². The molecule has 1 N–H and O–H groups in total. The average Bonchev–Trinajstić information content (AvgIpc) is 2.78. The summed E-state index contributed by atoms with van der Waals surface area (Å²) >= 11 is 0. The molecule has 0 spiro atoms. The van der Waals surface area contributed by atoms with E-state index in [4.69, 9.17) is 4.74 Å². The molecule has 2 aromatic carbocycles. The van der Waals surface area contributed by atoms with E-state index in [1.54, 1.807) is 42.3 Å². The van der Waals surface area contributed by atoms with Crippen molar-refractivity contribution in [3.63, 3.8) is 0 Å². The highest BCUT2D eigenvalue weighted by atomic mass is 19.1. The first-order valence-electron chi connectivity index (χ1n) is 10.3. The van der Waals surface area contributed by atoms with Crippen LogP contribution in [-0.2, 0) is 4.79 Å². The van der Waals surface area contributed by atoms with Gasteiger partial charge in [0.25, 0.3) is 5.91 Å². The fourth-order valence-corrected chi connectivity index (χ4v) is 3.79. The first kappa shape index (κ1) is 22.5. The second kappa shape index (κ2) is 10.2. The van der Waals surface area contributed by atoms with E-state index in [0.717, 1.165) is 5.56 Å². The Bertz CT molecular complexity index is 932. The molecular weight excluding hydrogens is 397 g/mol. The second-order valence-corrected chi connectivity index (χ2v) is 7.61. The van der Waals surface area contributed by atoms with E-state index in [1.807, 2.05) is 13.0 Å². The standard InChI is InChI=1S/C24H28FN3O3/c1-4-23(29)28-13-12-27(15-17(28)2)16-22(19-6-5-7-20(25)14-19)31-21-10-8-18(9-11-21)24(30)26-3/h4-11,14,17,22H,1,12-13,15-16H2,2-3H3,(H,26,30)/t17-,22+/m1/s1. The van der Waals surface area contributed by atoms with Gasteiger partial charge >= 0.3 is 0 Å². The van der Waals surface area contributed by atoms with Gasteiger partial charge in [-0.05, 0) is 55.0 Å². The zero-order valence-electron chi connectivity index (χ0n) is 17.9. The number of piperazine rings is 1. The third-order valence-corrected chi connectivity index (χ3v) is 5.44. The number of benzene rings is 2. The van der Waals surface area contributed by atoms with Crippen LogP contribution in [0.3, 0.4) is 0 Å². The van der Waals surface area contributed by atoms with Gasteiger partial charge in [0.1, 0.15) is 17.7 Å². The number of nitrogens with one attached hydrogen (secondary N) is 1. The van der Waals surface area contributed by atoms with Crippen LogP contribution in [0.1, 0.15) is 28.9 Å². The molecule has 1 saturated heterocycles. The Kier molecular flexibility index (Phi) is 7.41. The Morgan fingerprint density at radius 1 is 1.26 bits per heavy atom. The molecule has 0 bridgehead atoms. The molecule has 2 amide bonds. The lowest BCUT2D eigenvalue weighted by Crippen LogP contribution is -2.54. The van der Waals surface area contributed by atoms with Gasteiger partial charge in [0.05, 0.1) is 0 Å². The van der Waals surface area contributed by atoms with Gasteiger partial charge < -0.3 is 15.0 Å². The van der Waals surface area contributed by atoms with E-state index in [1.165, 1.54) is 18.2 Å². The minimum Gasteiger partial charge on any atom is -0.484 e. The maximum atomic E-state index is 13.9. The van der Waals surface area contributed by atoms with E-state index < -0.39 is 6.10 Å². The summed E-state index contributed by atoms with van der Waals surface area (Å²) in [6, 6.07) is 13.3. The molecule has 31 heavy (non-hydrogen) atoms. The predicted octanol–water partition coefficient (Wildman–Crippen LogP) is 3.02. The third kappa shape index (κ3) is 5.70. The fraction of sp³-hybridized carbons (Fsp3) is 0.333. The number of hydrogen-bond donors (Lipinski definition) is 1. The van der Waals surface area contributed by atoms with Crippen LogP contribution in [0, 0.1) is 5.82 Å². The maximum absolute atomic E-state index is 13.9. The first-order valence-corrected chi connectivity index (χ1v) is 10.3. The lowest BCUT2D eigenvalue weighted by atomic mass is 10.1. The highest BCUT2D eigenvalue weighted by Crippen LogP contribution is 2.25.